The maximum absolute atomic E-state index is 13.2. The normalized spacial score (nSPS) is 20.2. The first-order chi connectivity index (χ1) is 14.9. The lowest BCUT2D eigenvalue weighted by Gasteiger charge is -2.28. The topological polar surface area (TPSA) is 116 Å². The number of nitrogens with zero attached hydrogens (tertiary/aromatic N) is 2. The Hall–Kier alpha value is -1.18. The summed E-state index contributed by atoms with van der Waals surface area (Å²) in [4.78, 5) is 13.2. The van der Waals surface area contributed by atoms with E-state index in [-0.39, 0.29) is 42.1 Å². The van der Waals surface area contributed by atoms with Crippen LogP contribution in [0.25, 0.3) is 0 Å². The highest BCUT2D eigenvalue weighted by molar-refractivity contribution is 7.89. The summed E-state index contributed by atoms with van der Waals surface area (Å²) in [7, 11) is -7.93. The first-order valence-corrected chi connectivity index (χ1v) is 14.1. The van der Waals surface area contributed by atoms with Crippen molar-refractivity contribution in [2.75, 3.05) is 19.6 Å². The van der Waals surface area contributed by atoms with E-state index in [4.69, 9.17) is 0 Å². The molecule has 1 saturated heterocycles. The Morgan fingerprint density at radius 3 is 2.41 bits per heavy atom. The van der Waals surface area contributed by atoms with E-state index in [2.05, 4.69) is 22.8 Å². The molecule has 2 atom stereocenters. The number of sulfonamides is 1. The van der Waals surface area contributed by atoms with E-state index in [1.54, 1.807) is 12.1 Å². The average molecular weight is 507 g/mol. The molecule has 0 radical (unpaired) electrons. The predicted octanol–water partition coefficient (Wildman–Crippen LogP) is 1.68. The smallest absolute Gasteiger partial charge is 0.274 e. The second-order valence-corrected chi connectivity index (χ2v) is 12.7. The monoisotopic (exact) mass is 506 g/mol. The second kappa shape index (κ2) is 11.3. The van der Waals surface area contributed by atoms with E-state index in [1.165, 1.54) is 12.1 Å². The molecule has 1 heterocycles. The Bertz CT molecular complexity index is 981. The minimum atomic E-state index is -4.02. The number of rotatable bonds is 11. The van der Waals surface area contributed by atoms with E-state index in [1.807, 2.05) is 27.7 Å². The van der Waals surface area contributed by atoms with Gasteiger partial charge in [0, 0.05) is 24.9 Å². The Kier molecular flexibility index (Phi) is 9.56. The highest BCUT2D eigenvalue weighted by Gasteiger charge is 2.43. The number of carbonyl (C=O) groups excluding carboxylic acids is 1. The van der Waals surface area contributed by atoms with Crippen LogP contribution in [0.15, 0.2) is 29.2 Å². The zero-order chi connectivity index (χ0) is 24.1. The molecule has 1 fully saturated rings. The molecule has 0 aliphatic carbocycles. The van der Waals surface area contributed by atoms with Crippen LogP contribution in [-0.4, -0.2) is 62.4 Å². The fourth-order valence-electron chi connectivity index (χ4n) is 3.32. The molecule has 1 aromatic carbocycles. The molecule has 9 nitrogen and oxygen atoms in total. The number of carbonyl (C=O) groups is 1. The van der Waals surface area contributed by atoms with E-state index < -0.39 is 32.2 Å². The summed E-state index contributed by atoms with van der Waals surface area (Å²) in [6.45, 7) is 7.83. The molecule has 0 spiro atoms. The summed E-state index contributed by atoms with van der Waals surface area (Å²) in [5.41, 5.74) is 3.38. The van der Waals surface area contributed by atoms with Gasteiger partial charge in [-0.1, -0.05) is 44.9 Å². The summed E-state index contributed by atoms with van der Waals surface area (Å²) in [6, 6.07) is 5.28. The summed E-state index contributed by atoms with van der Waals surface area (Å²) >= 11 is 4.37. The van der Waals surface area contributed by atoms with Crippen LogP contribution in [0.5, 0.6) is 0 Å². The van der Waals surface area contributed by atoms with Crippen LogP contribution in [0.2, 0.25) is 0 Å². The number of hydrogen-bond donors (Lipinski definition) is 3. The third-order valence-corrected chi connectivity index (χ3v) is 8.69. The number of hydrazine groups is 1. The van der Waals surface area contributed by atoms with Gasteiger partial charge in [-0.3, -0.25) is 10.2 Å². The number of thiol groups is 1. The molecule has 0 aromatic heterocycles. The van der Waals surface area contributed by atoms with E-state index in [0.29, 0.717) is 6.42 Å². The SMILES string of the molecule is CCCCNS(=O)(=O)N1C[C@H](S)C[C@H]1C(=O)NN(CC(C)C)S(=O)(=O)c1ccc(C)cc1. The van der Waals surface area contributed by atoms with Crippen LogP contribution in [-0.2, 0) is 25.0 Å². The van der Waals surface area contributed by atoms with E-state index >= 15 is 0 Å². The number of unbranched alkanes of at least 4 members (excludes halogenated alkanes) is 1. The van der Waals surface area contributed by atoms with Gasteiger partial charge < -0.3 is 0 Å². The van der Waals surface area contributed by atoms with Crippen LogP contribution in [0, 0.1) is 12.8 Å². The van der Waals surface area contributed by atoms with Gasteiger partial charge in [0.1, 0.15) is 6.04 Å². The number of amides is 1. The molecule has 32 heavy (non-hydrogen) atoms. The van der Waals surface area contributed by atoms with Crippen molar-refractivity contribution in [2.24, 2.45) is 5.92 Å². The maximum atomic E-state index is 13.2. The van der Waals surface area contributed by atoms with Crippen LogP contribution < -0.4 is 10.1 Å². The van der Waals surface area contributed by atoms with Gasteiger partial charge in [-0.25, -0.2) is 13.1 Å². The second-order valence-electron chi connectivity index (χ2n) is 8.45. The highest BCUT2D eigenvalue weighted by atomic mass is 32.2. The van der Waals surface area contributed by atoms with Gasteiger partial charge in [0.25, 0.3) is 26.1 Å². The lowest BCUT2D eigenvalue weighted by molar-refractivity contribution is -0.127. The van der Waals surface area contributed by atoms with Crippen LogP contribution in [0.1, 0.15) is 45.6 Å². The van der Waals surface area contributed by atoms with Crippen molar-refractivity contribution < 1.29 is 21.6 Å². The molecule has 1 aliphatic heterocycles. The summed E-state index contributed by atoms with van der Waals surface area (Å²) < 4.78 is 56.4. The van der Waals surface area contributed by atoms with Crippen LogP contribution in [0.3, 0.4) is 0 Å². The van der Waals surface area contributed by atoms with Crippen molar-refractivity contribution in [3.05, 3.63) is 29.8 Å². The predicted molar refractivity (Wildman–Crippen MR) is 128 cm³/mol. The Balaban J connectivity index is 2.27. The average Bonchev–Trinajstić information content (AvgIpc) is 3.10. The molecular weight excluding hydrogens is 472 g/mol. The molecule has 2 rings (SSSR count). The number of benzene rings is 1. The van der Waals surface area contributed by atoms with Gasteiger partial charge in [0.2, 0.25) is 0 Å². The van der Waals surface area contributed by atoms with Gasteiger partial charge in [-0.2, -0.15) is 25.4 Å². The molecule has 12 heteroatoms. The Morgan fingerprint density at radius 1 is 1.22 bits per heavy atom. The quantitative estimate of drug-likeness (QED) is 0.240. The molecule has 0 unspecified atom stereocenters. The molecule has 1 aliphatic rings. The number of nitrogens with one attached hydrogen (secondary N) is 2. The zero-order valence-electron chi connectivity index (χ0n) is 19.0. The van der Waals surface area contributed by atoms with Crippen molar-refractivity contribution >= 4 is 38.8 Å². The van der Waals surface area contributed by atoms with Crippen molar-refractivity contribution in [3.63, 3.8) is 0 Å². The third-order valence-electron chi connectivity index (χ3n) is 5.03. The number of hydrogen-bond acceptors (Lipinski definition) is 6. The molecule has 0 bridgehead atoms. The maximum Gasteiger partial charge on any atom is 0.280 e. The minimum Gasteiger partial charge on any atom is -0.274 e. The largest absolute Gasteiger partial charge is 0.280 e. The van der Waals surface area contributed by atoms with Crippen molar-refractivity contribution in [2.45, 2.75) is 63.1 Å². The lowest BCUT2D eigenvalue weighted by atomic mass is 10.2. The molecule has 182 valence electrons. The first kappa shape index (κ1) is 27.1. The molecule has 0 saturated carbocycles. The summed E-state index contributed by atoms with van der Waals surface area (Å²) in [5, 5.41) is -0.333. The third kappa shape index (κ3) is 6.91. The first-order valence-electron chi connectivity index (χ1n) is 10.7. The lowest BCUT2D eigenvalue weighted by Crippen LogP contribution is -2.55. The van der Waals surface area contributed by atoms with Gasteiger partial charge >= 0.3 is 0 Å². The van der Waals surface area contributed by atoms with E-state index in [0.717, 1.165) is 20.7 Å². The minimum absolute atomic E-state index is 0.0421. The van der Waals surface area contributed by atoms with Gasteiger partial charge in [-0.05, 0) is 37.8 Å². The molecular formula is C20H34N4O5S3. The number of aryl methyl sites for hydroxylation is 1. The highest BCUT2D eigenvalue weighted by Crippen LogP contribution is 2.25. The molecule has 2 N–H and O–H groups in total. The summed E-state index contributed by atoms with van der Waals surface area (Å²) in [5.74, 6) is -0.772. The van der Waals surface area contributed by atoms with Gasteiger partial charge in [-0.15, -0.1) is 4.41 Å². The molecule has 1 amide bonds. The van der Waals surface area contributed by atoms with Crippen LogP contribution >= 0.6 is 12.6 Å². The standard InChI is InChI=1S/C20H34N4O5S3/c1-5-6-11-21-32(28,29)23-14-17(30)12-19(23)20(25)22-24(13-15(2)3)31(26,27)18-9-7-16(4)8-10-18/h7-10,15,17,19,21,30H,5-6,11-14H2,1-4H3,(H,22,25)/t17-,19+/m1/s1. The Morgan fingerprint density at radius 2 is 1.84 bits per heavy atom. The van der Waals surface area contributed by atoms with Gasteiger partial charge in [0.15, 0.2) is 0 Å². The Labute approximate surface area is 197 Å². The van der Waals surface area contributed by atoms with Crippen molar-refractivity contribution in [3.8, 4) is 0 Å². The van der Waals surface area contributed by atoms with Crippen molar-refractivity contribution in [1.29, 1.82) is 0 Å². The molecule has 1 aromatic rings. The van der Waals surface area contributed by atoms with Gasteiger partial charge in [0.05, 0.1) is 4.90 Å². The summed E-state index contributed by atoms with van der Waals surface area (Å²) in [6.07, 6.45) is 1.68. The van der Waals surface area contributed by atoms with E-state index in [9.17, 15) is 21.6 Å². The van der Waals surface area contributed by atoms with Crippen molar-refractivity contribution in [1.82, 2.24) is 18.9 Å². The fourth-order valence-corrected chi connectivity index (χ4v) is 6.71. The fraction of sp³-hybridized carbons (Fsp3) is 0.650. The van der Waals surface area contributed by atoms with Crippen LogP contribution in [0.4, 0.5) is 0 Å². The zero-order valence-corrected chi connectivity index (χ0v) is 21.5.